The Morgan fingerprint density at radius 3 is 1.94 bits per heavy atom. The SMILES string of the molecule is CC.CC.CC(=O)CCCCCN(N)/C=C(/C)N. The molecule has 0 unspecified atom stereocenters. The van der Waals surface area contributed by atoms with E-state index in [1.165, 1.54) is 0 Å². The molecule has 110 valence electrons. The number of hydrogen-bond donors (Lipinski definition) is 2. The number of carbonyl (C=O) groups is 1. The third-order valence-corrected chi connectivity index (χ3v) is 1.81. The van der Waals surface area contributed by atoms with Crippen molar-refractivity contribution in [3.8, 4) is 0 Å². The first-order valence-corrected chi connectivity index (χ1v) is 6.97. The van der Waals surface area contributed by atoms with E-state index in [9.17, 15) is 4.79 Å². The summed E-state index contributed by atoms with van der Waals surface area (Å²) in [6.45, 7) is 12.2. The lowest BCUT2D eigenvalue weighted by Crippen LogP contribution is -2.27. The Kier molecular flexibility index (Phi) is 22.6. The first kappa shape index (κ1) is 22.2. The van der Waals surface area contributed by atoms with Gasteiger partial charge in [0, 0.05) is 24.9 Å². The molecular formula is C14H33N3O. The summed E-state index contributed by atoms with van der Waals surface area (Å²) in [5, 5.41) is 1.59. The predicted molar refractivity (Wildman–Crippen MR) is 80.7 cm³/mol. The number of hydrogen-bond acceptors (Lipinski definition) is 4. The molecule has 0 amide bonds. The Morgan fingerprint density at radius 1 is 1.06 bits per heavy atom. The van der Waals surface area contributed by atoms with Crippen molar-refractivity contribution in [3.05, 3.63) is 11.9 Å². The van der Waals surface area contributed by atoms with Crippen molar-refractivity contribution in [2.24, 2.45) is 11.6 Å². The summed E-state index contributed by atoms with van der Waals surface area (Å²) < 4.78 is 0. The van der Waals surface area contributed by atoms with Crippen molar-refractivity contribution in [1.82, 2.24) is 5.01 Å². The normalized spacial score (nSPS) is 9.61. The lowest BCUT2D eigenvalue weighted by atomic mass is 10.1. The maximum absolute atomic E-state index is 10.6. The van der Waals surface area contributed by atoms with E-state index in [-0.39, 0.29) is 5.78 Å². The van der Waals surface area contributed by atoms with Crippen LogP contribution in [0.1, 0.15) is 67.2 Å². The number of nitrogens with two attached hydrogens (primary N) is 2. The average Bonchev–Trinajstić information content (AvgIpc) is 2.32. The highest BCUT2D eigenvalue weighted by molar-refractivity contribution is 5.75. The number of allylic oxidation sites excluding steroid dienone is 1. The number of ketones is 1. The molecule has 4 nitrogen and oxygen atoms in total. The standard InChI is InChI=1S/C10H21N3O.2C2H6/c1-9(11)8-13(12)7-5-3-4-6-10(2)14;2*1-2/h8H,3-7,11-12H2,1-2H3;2*1-2H3/b9-8-;;. The number of nitrogens with zero attached hydrogens (tertiary/aromatic N) is 1. The van der Waals surface area contributed by atoms with Gasteiger partial charge < -0.3 is 15.5 Å². The van der Waals surface area contributed by atoms with Gasteiger partial charge in [0.05, 0.1) is 0 Å². The van der Waals surface area contributed by atoms with Gasteiger partial charge in [0.1, 0.15) is 5.78 Å². The third kappa shape index (κ3) is 24.3. The van der Waals surface area contributed by atoms with Gasteiger partial charge in [-0.3, -0.25) is 0 Å². The number of rotatable bonds is 7. The number of unbranched alkanes of at least 4 members (excludes halogenated alkanes) is 2. The molecule has 0 aliphatic rings. The molecule has 0 aliphatic carbocycles. The second-order valence-electron chi connectivity index (χ2n) is 3.62. The molecule has 0 atom stereocenters. The van der Waals surface area contributed by atoms with Gasteiger partial charge in [0.25, 0.3) is 0 Å². The summed E-state index contributed by atoms with van der Waals surface area (Å²) in [6, 6.07) is 0. The Hall–Kier alpha value is -1.03. The van der Waals surface area contributed by atoms with Gasteiger partial charge in [-0.15, -0.1) is 0 Å². The van der Waals surface area contributed by atoms with Crippen LogP contribution >= 0.6 is 0 Å². The van der Waals surface area contributed by atoms with E-state index in [0.717, 1.165) is 25.8 Å². The molecule has 0 aromatic carbocycles. The van der Waals surface area contributed by atoms with Crippen LogP contribution in [-0.2, 0) is 4.79 Å². The average molecular weight is 259 g/mol. The van der Waals surface area contributed by atoms with Gasteiger partial charge >= 0.3 is 0 Å². The largest absolute Gasteiger partial charge is 0.401 e. The second kappa shape index (κ2) is 18.3. The highest BCUT2D eigenvalue weighted by atomic mass is 16.1. The minimum atomic E-state index is 0.257. The molecule has 0 bridgehead atoms. The van der Waals surface area contributed by atoms with Gasteiger partial charge in [0.2, 0.25) is 0 Å². The molecule has 4 N–H and O–H groups in total. The summed E-state index contributed by atoms with van der Waals surface area (Å²) >= 11 is 0. The highest BCUT2D eigenvalue weighted by Gasteiger charge is 1.96. The van der Waals surface area contributed by atoms with Crippen molar-refractivity contribution in [2.75, 3.05) is 6.54 Å². The molecule has 18 heavy (non-hydrogen) atoms. The smallest absolute Gasteiger partial charge is 0.129 e. The summed E-state index contributed by atoms with van der Waals surface area (Å²) in [7, 11) is 0. The molecule has 0 saturated carbocycles. The highest BCUT2D eigenvalue weighted by Crippen LogP contribution is 2.01. The van der Waals surface area contributed by atoms with E-state index in [4.69, 9.17) is 11.6 Å². The quantitative estimate of drug-likeness (QED) is 0.418. The van der Waals surface area contributed by atoms with E-state index in [1.807, 2.05) is 27.7 Å². The molecule has 0 saturated heterocycles. The maximum atomic E-state index is 10.6. The summed E-state index contributed by atoms with van der Waals surface area (Å²) in [5.41, 5.74) is 6.16. The Balaban J connectivity index is -0.000000506. The zero-order valence-corrected chi connectivity index (χ0v) is 13.1. The second-order valence-corrected chi connectivity index (χ2v) is 3.62. The molecular weight excluding hydrogens is 226 g/mol. The fraction of sp³-hybridized carbons (Fsp3) is 0.786. The molecule has 0 aromatic rings. The van der Waals surface area contributed by atoms with Crippen LogP contribution in [0.2, 0.25) is 0 Å². The Bertz CT molecular complexity index is 199. The topological polar surface area (TPSA) is 72.3 Å². The van der Waals surface area contributed by atoms with Crippen molar-refractivity contribution >= 4 is 5.78 Å². The molecule has 4 heteroatoms. The van der Waals surface area contributed by atoms with Crippen LogP contribution in [0.5, 0.6) is 0 Å². The molecule has 0 rings (SSSR count). The first-order chi connectivity index (χ1) is 8.52. The molecule has 0 heterocycles. The van der Waals surface area contributed by atoms with E-state index in [0.29, 0.717) is 12.1 Å². The van der Waals surface area contributed by atoms with Gasteiger partial charge in [-0.2, -0.15) is 0 Å². The number of hydrazine groups is 1. The van der Waals surface area contributed by atoms with Gasteiger partial charge in [-0.05, 0) is 26.7 Å². The molecule has 0 spiro atoms. The minimum absolute atomic E-state index is 0.257. The summed E-state index contributed by atoms with van der Waals surface area (Å²) in [5.74, 6) is 5.88. The first-order valence-electron chi connectivity index (χ1n) is 6.97. The van der Waals surface area contributed by atoms with Crippen LogP contribution in [0.25, 0.3) is 0 Å². The molecule has 0 aromatic heterocycles. The third-order valence-electron chi connectivity index (χ3n) is 1.81. The Labute approximate surface area is 113 Å². The van der Waals surface area contributed by atoms with Crippen LogP contribution in [0.3, 0.4) is 0 Å². The summed E-state index contributed by atoms with van der Waals surface area (Å²) in [6.07, 6.45) is 5.37. The van der Waals surface area contributed by atoms with Crippen LogP contribution in [0.4, 0.5) is 0 Å². The van der Waals surface area contributed by atoms with Gasteiger partial charge in [-0.25, -0.2) is 5.84 Å². The van der Waals surface area contributed by atoms with Crippen molar-refractivity contribution in [3.63, 3.8) is 0 Å². The fourth-order valence-corrected chi connectivity index (χ4v) is 1.17. The van der Waals surface area contributed by atoms with Crippen molar-refractivity contribution in [2.45, 2.75) is 67.2 Å². The van der Waals surface area contributed by atoms with Crippen molar-refractivity contribution < 1.29 is 4.79 Å². The van der Waals surface area contributed by atoms with E-state index < -0.39 is 0 Å². The van der Waals surface area contributed by atoms with Crippen LogP contribution in [-0.4, -0.2) is 17.3 Å². The van der Waals surface area contributed by atoms with Gasteiger partial charge in [0.15, 0.2) is 0 Å². The molecule has 0 fully saturated rings. The molecule has 0 aliphatic heterocycles. The molecule has 0 radical (unpaired) electrons. The lowest BCUT2D eigenvalue weighted by molar-refractivity contribution is -0.117. The predicted octanol–water partition coefficient (Wildman–Crippen LogP) is 3.18. The Morgan fingerprint density at radius 2 is 1.56 bits per heavy atom. The fourth-order valence-electron chi connectivity index (χ4n) is 1.17. The van der Waals surface area contributed by atoms with E-state index >= 15 is 0 Å². The lowest BCUT2D eigenvalue weighted by Gasteiger charge is -2.13. The van der Waals surface area contributed by atoms with E-state index in [1.54, 1.807) is 25.1 Å². The zero-order valence-electron chi connectivity index (χ0n) is 13.1. The van der Waals surface area contributed by atoms with E-state index in [2.05, 4.69) is 0 Å². The van der Waals surface area contributed by atoms with Crippen LogP contribution in [0.15, 0.2) is 11.9 Å². The maximum Gasteiger partial charge on any atom is 0.129 e. The monoisotopic (exact) mass is 259 g/mol. The van der Waals surface area contributed by atoms with Crippen LogP contribution < -0.4 is 11.6 Å². The van der Waals surface area contributed by atoms with Crippen molar-refractivity contribution in [1.29, 1.82) is 0 Å². The van der Waals surface area contributed by atoms with Crippen LogP contribution in [0, 0.1) is 0 Å². The van der Waals surface area contributed by atoms with Gasteiger partial charge in [-0.1, -0.05) is 34.1 Å². The number of Topliss-reactive ketones (excluding diaryl/α,β-unsaturated/α-hetero) is 1. The number of carbonyl (C=O) groups excluding carboxylic acids is 1. The zero-order chi connectivity index (χ0) is 15.0. The summed E-state index contributed by atoms with van der Waals surface area (Å²) in [4.78, 5) is 10.6. The minimum Gasteiger partial charge on any atom is -0.401 e.